The van der Waals surface area contributed by atoms with Crippen molar-refractivity contribution in [3.63, 3.8) is 0 Å². The lowest BCUT2D eigenvalue weighted by molar-refractivity contribution is -0.161. The summed E-state index contributed by atoms with van der Waals surface area (Å²) < 4.78 is 14.3. The molecule has 46 heavy (non-hydrogen) atoms. The molecule has 10 nitrogen and oxygen atoms in total. The highest BCUT2D eigenvalue weighted by molar-refractivity contribution is 6.67. The molecule has 3 atom stereocenters. The first-order chi connectivity index (χ1) is 21.5. The molecule has 0 N–H and O–H groups in total. The lowest BCUT2D eigenvalue weighted by Crippen LogP contribution is -2.61. The summed E-state index contributed by atoms with van der Waals surface area (Å²) in [6, 6.07) is 14.1. The van der Waals surface area contributed by atoms with E-state index in [9.17, 15) is 19.2 Å². The zero-order chi connectivity index (χ0) is 34.2. The first kappa shape index (κ1) is 37.2. The number of aryl methyl sites for hydroxylation is 1. The van der Waals surface area contributed by atoms with Gasteiger partial charge in [0.2, 0.25) is 3.79 Å². The SMILES string of the molecule is CCOC(=O)[C@H](CCc1ccccc1)N(C(=O)OCC(Cl)(Cl)Cl)[C@@H](C)C(=O)N(CC(=O)OC(C)(C)C)N1c2ccccc2CC1C. The van der Waals surface area contributed by atoms with Crippen molar-refractivity contribution in [2.75, 3.05) is 24.8 Å². The van der Waals surface area contributed by atoms with Crippen LogP contribution in [0.5, 0.6) is 0 Å². The minimum atomic E-state index is -1.95. The molecule has 0 bridgehead atoms. The van der Waals surface area contributed by atoms with Crippen LogP contribution < -0.4 is 5.01 Å². The number of benzene rings is 2. The van der Waals surface area contributed by atoms with Crippen LogP contribution in [-0.2, 0) is 41.4 Å². The van der Waals surface area contributed by atoms with Crippen LogP contribution >= 0.6 is 34.8 Å². The van der Waals surface area contributed by atoms with Gasteiger partial charge in [-0.2, -0.15) is 0 Å². The highest BCUT2D eigenvalue weighted by Crippen LogP contribution is 2.34. The van der Waals surface area contributed by atoms with Gasteiger partial charge in [-0.1, -0.05) is 83.3 Å². The molecule has 1 unspecified atom stereocenters. The number of carbonyl (C=O) groups excluding carboxylic acids is 4. The lowest BCUT2D eigenvalue weighted by Gasteiger charge is -2.41. The van der Waals surface area contributed by atoms with Gasteiger partial charge in [-0.3, -0.25) is 19.5 Å². The van der Waals surface area contributed by atoms with Crippen LogP contribution in [0.4, 0.5) is 10.5 Å². The lowest BCUT2D eigenvalue weighted by atomic mass is 10.0. The van der Waals surface area contributed by atoms with Crippen LogP contribution in [0.3, 0.4) is 0 Å². The Hall–Kier alpha value is -3.21. The Morgan fingerprint density at radius 1 is 0.978 bits per heavy atom. The van der Waals surface area contributed by atoms with Crippen LogP contribution in [0.2, 0.25) is 0 Å². The fourth-order valence-corrected chi connectivity index (χ4v) is 5.50. The number of para-hydroxylation sites is 1. The van der Waals surface area contributed by atoms with E-state index in [1.165, 1.54) is 11.9 Å². The van der Waals surface area contributed by atoms with E-state index in [1.807, 2.05) is 61.5 Å². The van der Waals surface area contributed by atoms with Crippen molar-refractivity contribution in [3.05, 3.63) is 65.7 Å². The number of fused-ring (bicyclic) bond motifs is 1. The average Bonchev–Trinajstić information content (AvgIpc) is 3.30. The number of hydrogen-bond donors (Lipinski definition) is 0. The van der Waals surface area contributed by atoms with E-state index in [0.717, 1.165) is 21.7 Å². The van der Waals surface area contributed by atoms with Crippen LogP contribution in [0.1, 0.15) is 59.1 Å². The monoisotopic (exact) mass is 697 g/mol. The maximum Gasteiger partial charge on any atom is 0.411 e. The molecule has 1 aliphatic rings. The van der Waals surface area contributed by atoms with E-state index in [4.69, 9.17) is 49.0 Å². The third-order valence-electron chi connectivity index (χ3n) is 7.17. The first-order valence-corrected chi connectivity index (χ1v) is 16.3. The molecule has 3 rings (SSSR count). The summed E-state index contributed by atoms with van der Waals surface area (Å²) in [6.45, 7) is 9.15. The molecular formula is C33H42Cl3N3O7. The quantitative estimate of drug-likeness (QED) is 0.145. The summed E-state index contributed by atoms with van der Waals surface area (Å²) in [7, 11) is 0. The standard InChI is InChI=1S/C33H42Cl3N3O7/c1-7-44-30(42)27(18-17-24-13-9-8-10-14-24)38(31(43)45-21-33(34,35)36)23(3)29(41)37(20-28(40)46-32(4,5)6)39-22(2)19-25-15-11-12-16-26(25)39/h8-16,22-23,27H,7,17-21H2,1-6H3/t22?,23-,27-/m0/s1. The van der Waals surface area contributed by atoms with Gasteiger partial charge in [0.25, 0.3) is 5.91 Å². The van der Waals surface area contributed by atoms with Gasteiger partial charge in [0.15, 0.2) is 0 Å². The van der Waals surface area contributed by atoms with E-state index in [-0.39, 0.29) is 19.1 Å². The van der Waals surface area contributed by atoms with Gasteiger partial charge in [-0.05, 0) is 78.0 Å². The van der Waals surface area contributed by atoms with E-state index < -0.39 is 58.6 Å². The van der Waals surface area contributed by atoms with Gasteiger partial charge in [0.05, 0.1) is 18.3 Å². The molecular weight excluding hydrogens is 657 g/mol. The van der Waals surface area contributed by atoms with Crippen LogP contribution in [0.15, 0.2) is 54.6 Å². The maximum atomic E-state index is 14.6. The van der Waals surface area contributed by atoms with Crippen LogP contribution in [0.25, 0.3) is 0 Å². The number of nitrogens with zero attached hydrogens (tertiary/aromatic N) is 3. The molecule has 2 aromatic carbocycles. The Kier molecular flexibility index (Phi) is 13.0. The second kappa shape index (κ2) is 16.1. The zero-order valence-electron chi connectivity index (χ0n) is 27.0. The summed E-state index contributed by atoms with van der Waals surface area (Å²) >= 11 is 17.6. The highest BCUT2D eigenvalue weighted by Gasteiger charge is 2.44. The van der Waals surface area contributed by atoms with E-state index in [2.05, 4.69) is 0 Å². The van der Waals surface area contributed by atoms with Gasteiger partial charge in [-0.25, -0.2) is 14.6 Å². The molecule has 0 aliphatic carbocycles. The van der Waals surface area contributed by atoms with Gasteiger partial charge in [-0.15, -0.1) is 0 Å². The summed E-state index contributed by atoms with van der Waals surface area (Å²) in [5, 5.41) is 3.00. The number of esters is 2. The van der Waals surface area contributed by atoms with Gasteiger partial charge >= 0.3 is 18.0 Å². The number of rotatable bonds is 12. The number of anilines is 1. The Balaban J connectivity index is 2.07. The molecule has 0 fully saturated rings. The molecule has 1 heterocycles. The Morgan fingerprint density at radius 2 is 1.61 bits per heavy atom. The molecule has 0 spiro atoms. The van der Waals surface area contributed by atoms with Gasteiger partial charge < -0.3 is 14.2 Å². The first-order valence-electron chi connectivity index (χ1n) is 15.1. The normalized spacial score (nSPS) is 15.8. The number of ether oxygens (including phenoxy) is 3. The van der Waals surface area contributed by atoms with Crippen LogP contribution in [-0.4, -0.2) is 81.1 Å². The predicted octanol–water partition coefficient (Wildman–Crippen LogP) is 6.28. The van der Waals surface area contributed by atoms with Crippen LogP contribution in [0, 0.1) is 0 Å². The Labute approximate surface area is 285 Å². The molecule has 13 heteroatoms. The number of alkyl halides is 3. The molecule has 1 aliphatic heterocycles. The number of hydrogen-bond acceptors (Lipinski definition) is 8. The summed E-state index contributed by atoms with van der Waals surface area (Å²) in [6.07, 6.45) is 0.0151. The smallest absolute Gasteiger partial charge is 0.411 e. The van der Waals surface area contributed by atoms with Crippen molar-refractivity contribution in [2.24, 2.45) is 0 Å². The average molecular weight is 699 g/mol. The number of amides is 2. The number of halogens is 3. The molecule has 0 saturated heterocycles. The fraction of sp³-hybridized carbons (Fsp3) is 0.515. The molecule has 252 valence electrons. The minimum absolute atomic E-state index is 0.0346. The summed E-state index contributed by atoms with van der Waals surface area (Å²) in [4.78, 5) is 56.0. The van der Waals surface area contributed by atoms with Crippen molar-refractivity contribution >= 4 is 64.4 Å². The van der Waals surface area contributed by atoms with E-state index in [0.29, 0.717) is 12.8 Å². The topological polar surface area (TPSA) is 106 Å². The van der Waals surface area contributed by atoms with Crippen molar-refractivity contribution in [1.29, 1.82) is 0 Å². The molecule has 0 saturated carbocycles. The summed E-state index contributed by atoms with van der Waals surface area (Å²) in [5.74, 6) is -2.04. The fourth-order valence-electron chi connectivity index (χ4n) is 5.34. The zero-order valence-corrected chi connectivity index (χ0v) is 29.3. The van der Waals surface area contributed by atoms with Crippen molar-refractivity contribution < 1.29 is 33.4 Å². The number of carbonyl (C=O) groups is 4. The third kappa shape index (κ3) is 10.4. The van der Waals surface area contributed by atoms with E-state index >= 15 is 0 Å². The summed E-state index contributed by atoms with van der Waals surface area (Å²) in [5.41, 5.74) is 1.80. The second-order valence-corrected chi connectivity index (χ2v) is 14.6. The van der Waals surface area contributed by atoms with Crippen molar-refractivity contribution in [3.8, 4) is 0 Å². The molecule has 0 aromatic heterocycles. The van der Waals surface area contributed by atoms with Gasteiger partial charge in [0, 0.05) is 0 Å². The number of hydrazine groups is 1. The molecule has 2 amide bonds. The third-order valence-corrected chi connectivity index (χ3v) is 7.50. The highest BCUT2D eigenvalue weighted by atomic mass is 35.6. The largest absolute Gasteiger partial charge is 0.464 e. The predicted molar refractivity (Wildman–Crippen MR) is 178 cm³/mol. The minimum Gasteiger partial charge on any atom is -0.464 e. The Morgan fingerprint density at radius 3 is 2.22 bits per heavy atom. The maximum absolute atomic E-state index is 14.6. The van der Waals surface area contributed by atoms with E-state index in [1.54, 1.807) is 32.7 Å². The van der Waals surface area contributed by atoms with Crippen molar-refractivity contribution in [2.45, 2.75) is 88.3 Å². The van der Waals surface area contributed by atoms with Crippen molar-refractivity contribution in [1.82, 2.24) is 9.91 Å². The second-order valence-electron chi connectivity index (χ2n) is 12.1. The molecule has 0 radical (unpaired) electrons. The molecule has 2 aromatic rings. The van der Waals surface area contributed by atoms with Gasteiger partial charge in [0.1, 0.15) is 30.8 Å². The Bertz CT molecular complexity index is 1360.